The van der Waals surface area contributed by atoms with Gasteiger partial charge in [-0.05, 0) is 201 Å². The molecule has 4 saturated heterocycles. The number of ketones is 4. The standard InChI is InChI=1S/C24H31FO6.C24H33FO5.C22H29FO5.C22H31FO4.2C2H6.3CH4/c1-14-8-18-17-5-4-15-9-16(26)6-7-20(15,2)23(17,25)19(27)10-21(18,3)24(14)22(30-13-31-24)11-28-12-29-22;1-15-10-18-17-8-7-16-6-4-5-9-20(16,2)23(17,25)19(26)11-21(18,3)24(15)22(29-14-30-24)12-27-13-28-22;1-12-8-16-15-5-4-13-9-14(25)6-7-19(13,2)21(15,23)17(26)10-20(16,3)22(12,28)18(27)11-24;1-13-10-16-15-8-7-14-6-4-5-9-19(14,2)21(15,23)17(25)11-20(16,3)22(13,27)18(26)12-24;2*1-2;;;/h6-7,9,14,17-19,27H,4-5,8,10-13H2,1-3H3;4-6,15,17-19,26H,7-14H2,1-3H3;6-7,9,12,15-17,24,26,28H,4-5,8,10-11H2,1-3H3;4-6,13,15-17,24-25,27H,7-12H2,1-3H3;2*1-2H3;3*1H4/t14-,17+,18+,19+,20+,21+,22?,23+,24-;15-,17+,18+,19+,20+,21+,22?,23+,24-;12-,15+,16+,17+,19+,20+,21+,22+;13-,15+,16+,17+,19+,20+,21+,22+;;;;;/m1111...../s1. The van der Waals surface area contributed by atoms with Gasteiger partial charge in [-0.2, -0.15) is 0 Å². The van der Waals surface area contributed by atoms with Crippen LogP contribution in [0.5, 0.6) is 0 Å². The Balaban J connectivity index is 0.000000147. The SMILES string of the molecule is C.C.C.CC.CC.C[C@@H]1C[C@H]2[C@@H]3CCC4=CC(=O)C=C[C@]4(C)[C@@]3(F)[C@@H](O)C[C@]2(C)[C@@]1(O)C(=O)CO.C[C@@H]1C[C@H]2[C@@H]3CCC4=CC(=O)C=C[C@]4(C)[C@@]3(F)[C@@H](O)C[C@]2(C)[C@]12OCOC21COCO1.C[C@@H]1C[C@H]2[C@@H]3CCC4=CC=CC[C@]4(C)[C@@]3(F)[C@@H](O)C[C@]2(C)[C@@]1(O)C(=O)CO.C[C@@H]1C[C@H]2[C@@H]3CCC4=CC=CC[C@]4(C)[C@@]3(F)[C@@H](O)C[C@]2(C)[C@]12OCOC21COCO1. The van der Waals surface area contributed by atoms with Crippen molar-refractivity contribution in [2.24, 2.45) is 114 Å². The van der Waals surface area contributed by atoms with Crippen LogP contribution in [0.1, 0.15) is 249 Å². The third-order valence-electron chi connectivity index (χ3n) is 37.9. The monoisotopic (exact) mass is 1730 g/mol. The van der Waals surface area contributed by atoms with Gasteiger partial charge in [-0.25, -0.2) is 17.6 Å². The lowest BCUT2D eigenvalue weighted by molar-refractivity contribution is -0.279. The maximum absolute atomic E-state index is 17.3. The number of aliphatic hydroxyl groups is 8. The summed E-state index contributed by atoms with van der Waals surface area (Å²) in [4.78, 5) is 48.9. The highest BCUT2D eigenvalue weighted by molar-refractivity contribution is 6.02. The van der Waals surface area contributed by atoms with E-state index in [2.05, 4.69) is 39.8 Å². The zero-order valence-corrected chi connectivity index (χ0v) is 73.5. The Morgan fingerprint density at radius 3 is 1.03 bits per heavy atom. The van der Waals surface area contributed by atoms with E-state index >= 15 is 17.6 Å². The normalized spacial score (nSPS) is 52.9. The van der Waals surface area contributed by atoms with E-state index in [1.165, 1.54) is 18.2 Å². The number of carbonyl (C=O) groups is 4. The molecule has 34 atom stereocenters. The maximum atomic E-state index is 17.3. The zero-order valence-electron chi connectivity index (χ0n) is 73.5. The number of rotatable bonds is 4. The highest BCUT2D eigenvalue weighted by Crippen LogP contribution is 2.79. The molecule has 0 bridgehead atoms. The molecule has 0 aromatic heterocycles. The summed E-state index contributed by atoms with van der Waals surface area (Å²) < 4.78 is 116. The second-order valence-electron chi connectivity index (χ2n) is 41.4. The Morgan fingerprint density at radius 2 is 0.707 bits per heavy atom. The van der Waals surface area contributed by atoms with Crippen LogP contribution in [0, 0.1) is 114 Å². The number of ether oxygens (including phenoxy) is 8. The first-order chi connectivity index (χ1) is 56.4. The highest BCUT2D eigenvalue weighted by atomic mass is 19.2. The first-order valence-corrected chi connectivity index (χ1v) is 45.2. The minimum absolute atomic E-state index is 0. The third kappa shape index (κ3) is 11.9. The van der Waals surface area contributed by atoms with Crippen LogP contribution in [0.3, 0.4) is 0 Å². The molecule has 20 aliphatic rings. The molecule has 0 aromatic rings. The number of fused-ring (bicyclic) bond motifs is 24. The molecule has 0 radical (unpaired) electrons. The number of aliphatic hydroxyl groups excluding tert-OH is 6. The third-order valence-corrected chi connectivity index (χ3v) is 37.9. The van der Waals surface area contributed by atoms with E-state index in [-0.39, 0.29) is 140 Å². The van der Waals surface area contributed by atoms with E-state index in [9.17, 15) is 60.0 Å². The molecule has 12 saturated carbocycles. The Bertz CT molecular complexity index is 4310. The minimum atomic E-state index is -1.98. The first kappa shape index (κ1) is 97.7. The van der Waals surface area contributed by atoms with Gasteiger partial charge in [0.2, 0.25) is 11.6 Å². The van der Waals surface area contributed by atoms with Crippen molar-refractivity contribution in [3.8, 4) is 0 Å². The van der Waals surface area contributed by atoms with Crippen LogP contribution in [0.15, 0.2) is 95.2 Å². The van der Waals surface area contributed by atoms with Gasteiger partial charge in [-0.1, -0.05) is 190 Å². The van der Waals surface area contributed by atoms with Gasteiger partial charge in [0.15, 0.2) is 61.6 Å². The molecule has 2 unspecified atom stereocenters. The average molecular weight is 1730 g/mol. The predicted molar refractivity (Wildman–Crippen MR) is 457 cm³/mol. The fraction of sp³-hybridized carbons (Fsp3) is 0.798. The van der Waals surface area contributed by atoms with Gasteiger partial charge in [-0.3, -0.25) is 19.2 Å². The average Bonchev–Trinajstić information content (AvgIpc) is 1.55. The van der Waals surface area contributed by atoms with Crippen molar-refractivity contribution < 1.29 is 115 Å². The lowest BCUT2D eigenvalue weighted by atomic mass is 9.44. The Hall–Kier alpha value is -4.32. The van der Waals surface area contributed by atoms with Crippen molar-refractivity contribution in [1.82, 2.24) is 0 Å². The molecule has 0 aromatic carbocycles. The van der Waals surface area contributed by atoms with E-state index in [4.69, 9.17) is 37.9 Å². The smallest absolute Gasteiger partial charge is 0.227 e. The first-order valence-electron chi connectivity index (χ1n) is 45.2. The molecule has 123 heavy (non-hydrogen) atoms. The topological polar surface area (TPSA) is 304 Å². The molecule has 8 N–H and O–H groups in total. The van der Waals surface area contributed by atoms with Crippen LogP contribution in [-0.2, 0) is 57.1 Å². The molecule has 4 heterocycles. The van der Waals surface area contributed by atoms with Gasteiger partial charge in [0.25, 0.3) is 0 Å². The van der Waals surface area contributed by atoms with E-state index in [1.807, 2.05) is 86.6 Å². The number of allylic oxidation sites excluding steroid dienone is 16. The van der Waals surface area contributed by atoms with E-state index < -0.39 is 167 Å². The Kier molecular flexibility index (Phi) is 25.9. The largest absolute Gasteiger partial charge is 0.390 e. The van der Waals surface area contributed by atoms with Crippen molar-refractivity contribution in [3.63, 3.8) is 0 Å². The number of carbonyl (C=O) groups excluding carboxylic acids is 4. The second-order valence-corrected chi connectivity index (χ2v) is 41.4. The second kappa shape index (κ2) is 32.6. The molecule has 20 rings (SSSR count). The van der Waals surface area contributed by atoms with Gasteiger partial charge < -0.3 is 78.7 Å². The van der Waals surface area contributed by atoms with E-state index in [0.717, 1.165) is 48.8 Å². The molecule has 20 nitrogen and oxygen atoms in total. The molecule has 24 heteroatoms. The number of hydrogen-bond donors (Lipinski definition) is 8. The fourth-order valence-corrected chi connectivity index (χ4v) is 32.4. The van der Waals surface area contributed by atoms with Crippen LogP contribution in [0.25, 0.3) is 0 Å². The van der Waals surface area contributed by atoms with Gasteiger partial charge in [0.1, 0.15) is 60.2 Å². The summed E-state index contributed by atoms with van der Waals surface area (Å²) in [5.41, 5.74) is -15.0. The van der Waals surface area contributed by atoms with Crippen LogP contribution >= 0.6 is 0 Å². The molecular weight excluding hydrogens is 1590 g/mol. The quantitative estimate of drug-likeness (QED) is 0.121. The number of alkyl halides is 4. The van der Waals surface area contributed by atoms with Crippen molar-refractivity contribution in [3.05, 3.63) is 95.2 Å². The molecule has 16 fully saturated rings. The molecular formula is C99H148F4O20. The Labute approximate surface area is 727 Å². The summed E-state index contributed by atoms with van der Waals surface area (Å²) in [6, 6.07) is 0. The minimum Gasteiger partial charge on any atom is -0.390 e. The zero-order chi connectivity index (χ0) is 87.4. The lowest BCUT2D eigenvalue weighted by Gasteiger charge is -2.64. The van der Waals surface area contributed by atoms with Crippen molar-refractivity contribution in [2.75, 3.05) is 53.6 Å². The molecule has 4 aliphatic heterocycles. The number of hydrogen-bond acceptors (Lipinski definition) is 20. The van der Waals surface area contributed by atoms with Gasteiger partial charge in [-0.15, -0.1) is 0 Å². The fourth-order valence-electron chi connectivity index (χ4n) is 32.4. The van der Waals surface area contributed by atoms with Crippen LogP contribution in [0.2, 0.25) is 0 Å². The summed E-state index contributed by atoms with van der Waals surface area (Å²) >= 11 is 0. The van der Waals surface area contributed by atoms with Gasteiger partial charge >= 0.3 is 0 Å². The summed E-state index contributed by atoms with van der Waals surface area (Å²) in [5.74, 6) is -6.14. The van der Waals surface area contributed by atoms with Crippen LogP contribution in [0.4, 0.5) is 17.6 Å². The Morgan fingerprint density at radius 1 is 0.415 bits per heavy atom. The van der Waals surface area contributed by atoms with E-state index in [0.29, 0.717) is 76.4 Å². The maximum Gasteiger partial charge on any atom is 0.227 e. The summed E-state index contributed by atoms with van der Waals surface area (Å²) in [5, 5.41) is 87.0. The summed E-state index contributed by atoms with van der Waals surface area (Å²) in [6.45, 7) is 30.9. The van der Waals surface area contributed by atoms with Crippen molar-refractivity contribution in [2.45, 2.75) is 330 Å². The predicted octanol–water partition coefficient (Wildman–Crippen LogP) is 15.5. The molecule has 692 valence electrons. The molecule has 0 amide bonds. The number of halogens is 4. The van der Waals surface area contributed by atoms with Gasteiger partial charge in [0, 0.05) is 67.0 Å². The van der Waals surface area contributed by atoms with E-state index in [1.54, 1.807) is 39.0 Å². The summed E-state index contributed by atoms with van der Waals surface area (Å²) in [6.07, 6.45) is 26.0. The van der Waals surface area contributed by atoms with Crippen LogP contribution < -0.4 is 0 Å². The lowest BCUT2D eigenvalue weighted by Crippen LogP contribution is -2.71. The number of Topliss-reactive ketones (excluding diaryl/α,β-unsaturated/α-hetero) is 2. The molecule has 16 aliphatic carbocycles. The van der Waals surface area contributed by atoms with Crippen molar-refractivity contribution in [1.29, 1.82) is 0 Å². The van der Waals surface area contributed by atoms with Crippen molar-refractivity contribution >= 4 is 23.1 Å². The van der Waals surface area contributed by atoms with Gasteiger partial charge in [0.05, 0.1) is 24.4 Å². The highest BCUT2D eigenvalue weighted by Gasteiger charge is 2.85. The summed E-state index contributed by atoms with van der Waals surface area (Å²) in [7, 11) is 0. The molecule has 4 spiro atoms. The van der Waals surface area contributed by atoms with Crippen LogP contribution in [-0.4, -0.2) is 199 Å².